The fraction of sp³-hybridized carbons (Fsp3) is 0.211. The minimum atomic E-state index is -0.487. The van der Waals surface area contributed by atoms with E-state index in [-0.39, 0.29) is 30.2 Å². The first-order valence-electron chi connectivity index (χ1n) is 8.55. The lowest BCUT2D eigenvalue weighted by molar-refractivity contribution is -0.385. The molecule has 144 valence electrons. The van der Waals surface area contributed by atoms with E-state index < -0.39 is 4.92 Å². The van der Waals surface area contributed by atoms with Gasteiger partial charge in [-0.3, -0.25) is 24.6 Å². The molecular formula is C19H19N5O4. The first-order valence-corrected chi connectivity index (χ1v) is 8.55. The van der Waals surface area contributed by atoms with Crippen LogP contribution >= 0.6 is 0 Å². The predicted molar refractivity (Wildman–Crippen MR) is 105 cm³/mol. The van der Waals surface area contributed by atoms with Crippen molar-refractivity contribution in [2.75, 3.05) is 18.9 Å². The Balaban J connectivity index is 1.66. The zero-order valence-electron chi connectivity index (χ0n) is 15.4. The number of aromatic nitrogens is 2. The van der Waals surface area contributed by atoms with Crippen molar-refractivity contribution in [3.05, 3.63) is 74.3 Å². The van der Waals surface area contributed by atoms with E-state index in [0.29, 0.717) is 28.0 Å². The van der Waals surface area contributed by atoms with E-state index in [1.54, 1.807) is 55.3 Å². The number of nitrogens with zero attached hydrogens (tertiary/aromatic N) is 3. The van der Waals surface area contributed by atoms with E-state index in [1.807, 2.05) is 0 Å². The summed E-state index contributed by atoms with van der Waals surface area (Å²) in [6, 6.07) is 11.6. The summed E-state index contributed by atoms with van der Waals surface area (Å²) in [5.41, 5.74) is 1.18. The summed E-state index contributed by atoms with van der Waals surface area (Å²) in [6.45, 7) is 1.93. The Bertz CT molecular complexity index is 1110. The van der Waals surface area contributed by atoms with Crippen LogP contribution in [0.15, 0.2) is 47.3 Å². The molecule has 0 saturated heterocycles. The van der Waals surface area contributed by atoms with Crippen LogP contribution in [0.25, 0.3) is 10.9 Å². The van der Waals surface area contributed by atoms with Gasteiger partial charge in [-0.1, -0.05) is 18.2 Å². The molecule has 1 heterocycles. The van der Waals surface area contributed by atoms with Crippen LogP contribution in [-0.2, 0) is 11.3 Å². The molecule has 0 aliphatic heterocycles. The molecule has 0 spiro atoms. The van der Waals surface area contributed by atoms with Crippen molar-refractivity contribution in [1.82, 2.24) is 14.9 Å². The number of carbonyl (C=O) groups excluding carboxylic acids is 1. The number of carbonyl (C=O) groups is 1. The Morgan fingerprint density at radius 3 is 2.79 bits per heavy atom. The average molecular weight is 381 g/mol. The summed E-state index contributed by atoms with van der Waals surface area (Å²) in [6.07, 6.45) is 0. The average Bonchev–Trinajstić information content (AvgIpc) is 2.63. The summed E-state index contributed by atoms with van der Waals surface area (Å²) in [5.74, 6) is 0.119. The molecule has 0 aliphatic rings. The number of H-pyrrole nitrogens is 1. The highest BCUT2D eigenvalue weighted by molar-refractivity contribution is 5.92. The second-order valence-corrected chi connectivity index (χ2v) is 6.51. The Labute approximate surface area is 160 Å². The normalized spacial score (nSPS) is 11.0. The second-order valence-electron chi connectivity index (χ2n) is 6.51. The number of rotatable bonds is 6. The number of para-hydroxylation sites is 1. The smallest absolute Gasteiger partial charge is 0.274 e. The summed E-state index contributed by atoms with van der Waals surface area (Å²) >= 11 is 0. The van der Waals surface area contributed by atoms with Gasteiger partial charge < -0.3 is 10.3 Å². The van der Waals surface area contributed by atoms with Gasteiger partial charge in [0.2, 0.25) is 5.91 Å². The number of nitro benzene ring substituents is 1. The molecule has 0 unspecified atom stereocenters. The first-order chi connectivity index (χ1) is 13.3. The van der Waals surface area contributed by atoms with Gasteiger partial charge >= 0.3 is 0 Å². The molecule has 2 aromatic carbocycles. The molecule has 1 amide bonds. The van der Waals surface area contributed by atoms with E-state index >= 15 is 0 Å². The van der Waals surface area contributed by atoms with Gasteiger partial charge in [0.15, 0.2) is 0 Å². The fourth-order valence-electron chi connectivity index (χ4n) is 2.85. The van der Waals surface area contributed by atoms with Gasteiger partial charge in [-0.15, -0.1) is 0 Å². The molecule has 2 N–H and O–H groups in total. The molecular weight excluding hydrogens is 362 g/mol. The number of aryl methyl sites for hydroxylation is 1. The molecule has 28 heavy (non-hydrogen) atoms. The van der Waals surface area contributed by atoms with Crippen LogP contribution in [0.5, 0.6) is 0 Å². The third-order valence-electron chi connectivity index (χ3n) is 4.18. The third-order valence-corrected chi connectivity index (χ3v) is 4.18. The molecule has 0 fully saturated rings. The monoisotopic (exact) mass is 381 g/mol. The Hall–Kier alpha value is -3.59. The molecule has 0 aliphatic carbocycles. The number of benzene rings is 2. The van der Waals surface area contributed by atoms with Crippen LogP contribution in [0.2, 0.25) is 0 Å². The molecule has 0 atom stereocenters. The maximum Gasteiger partial charge on any atom is 0.274 e. The van der Waals surface area contributed by atoms with Gasteiger partial charge in [0.25, 0.3) is 11.2 Å². The minimum absolute atomic E-state index is 0.0260. The molecule has 0 bridgehead atoms. The maximum atomic E-state index is 12.2. The summed E-state index contributed by atoms with van der Waals surface area (Å²) < 4.78 is 0. The Kier molecular flexibility index (Phi) is 5.46. The van der Waals surface area contributed by atoms with Crippen molar-refractivity contribution in [2.24, 2.45) is 0 Å². The van der Waals surface area contributed by atoms with Crippen molar-refractivity contribution in [2.45, 2.75) is 13.5 Å². The number of nitro groups is 1. The van der Waals surface area contributed by atoms with Crippen molar-refractivity contribution < 1.29 is 9.72 Å². The standard InChI is InChI=1S/C19H19N5O4/c1-12-7-8-13(9-16(12)24(27)28)20-18(25)11-23(2)10-17-21-15-6-4-3-5-14(15)19(26)22-17/h3-9H,10-11H2,1-2H3,(H,20,25)(H,21,22,26). The topological polar surface area (TPSA) is 121 Å². The molecule has 3 aromatic rings. The van der Waals surface area contributed by atoms with Crippen molar-refractivity contribution in [3.8, 4) is 0 Å². The molecule has 9 heteroatoms. The van der Waals surface area contributed by atoms with Crippen LogP contribution in [0.1, 0.15) is 11.4 Å². The lowest BCUT2D eigenvalue weighted by Crippen LogP contribution is -2.31. The molecule has 3 rings (SSSR count). The van der Waals surface area contributed by atoms with Gasteiger partial charge in [0.05, 0.1) is 28.9 Å². The number of nitrogens with one attached hydrogen (secondary N) is 2. The van der Waals surface area contributed by atoms with E-state index in [2.05, 4.69) is 15.3 Å². The van der Waals surface area contributed by atoms with Crippen molar-refractivity contribution >= 4 is 28.2 Å². The van der Waals surface area contributed by atoms with E-state index in [4.69, 9.17) is 0 Å². The third kappa shape index (κ3) is 4.38. The second kappa shape index (κ2) is 7.97. The number of hydrogen-bond donors (Lipinski definition) is 2. The zero-order valence-corrected chi connectivity index (χ0v) is 15.4. The minimum Gasteiger partial charge on any atom is -0.325 e. The first kappa shape index (κ1) is 19.2. The number of fused-ring (bicyclic) bond motifs is 1. The SMILES string of the molecule is Cc1ccc(NC(=O)CN(C)Cc2nc3ccccc3c(=O)[nH]2)cc1[N+](=O)[O-]. The van der Waals surface area contributed by atoms with Crippen LogP contribution < -0.4 is 10.9 Å². The number of anilines is 1. The number of hydrogen-bond acceptors (Lipinski definition) is 6. The Morgan fingerprint density at radius 1 is 1.29 bits per heavy atom. The lowest BCUT2D eigenvalue weighted by atomic mass is 10.2. The van der Waals surface area contributed by atoms with Gasteiger partial charge in [0.1, 0.15) is 5.82 Å². The van der Waals surface area contributed by atoms with Crippen LogP contribution in [0, 0.1) is 17.0 Å². The largest absolute Gasteiger partial charge is 0.325 e. The summed E-state index contributed by atoms with van der Waals surface area (Å²) in [7, 11) is 1.71. The zero-order chi connectivity index (χ0) is 20.3. The quantitative estimate of drug-likeness (QED) is 0.499. The number of amides is 1. The molecule has 9 nitrogen and oxygen atoms in total. The van der Waals surface area contributed by atoms with Crippen LogP contribution in [0.4, 0.5) is 11.4 Å². The van der Waals surface area contributed by atoms with Crippen molar-refractivity contribution in [3.63, 3.8) is 0 Å². The Morgan fingerprint density at radius 2 is 2.04 bits per heavy atom. The highest BCUT2D eigenvalue weighted by Gasteiger charge is 2.14. The number of likely N-dealkylation sites (N-methyl/N-ethyl adjacent to an activating group) is 1. The van der Waals surface area contributed by atoms with Gasteiger partial charge in [-0.25, -0.2) is 4.98 Å². The maximum absolute atomic E-state index is 12.2. The summed E-state index contributed by atoms with van der Waals surface area (Å²) in [5, 5.41) is 14.2. The predicted octanol–water partition coefficient (Wildman–Crippen LogP) is 2.21. The van der Waals surface area contributed by atoms with Crippen molar-refractivity contribution in [1.29, 1.82) is 0 Å². The molecule has 0 radical (unpaired) electrons. The van der Waals surface area contributed by atoms with E-state index in [0.717, 1.165) is 0 Å². The molecule has 1 aromatic heterocycles. The highest BCUT2D eigenvalue weighted by Crippen LogP contribution is 2.22. The van der Waals surface area contributed by atoms with Gasteiger partial charge in [-0.05, 0) is 32.2 Å². The lowest BCUT2D eigenvalue weighted by Gasteiger charge is -2.16. The van der Waals surface area contributed by atoms with E-state index in [9.17, 15) is 19.7 Å². The molecule has 0 saturated carbocycles. The van der Waals surface area contributed by atoms with Gasteiger partial charge in [-0.2, -0.15) is 0 Å². The van der Waals surface area contributed by atoms with Crippen LogP contribution in [0.3, 0.4) is 0 Å². The van der Waals surface area contributed by atoms with E-state index in [1.165, 1.54) is 6.07 Å². The van der Waals surface area contributed by atoms with Gasteiger partial charge in [0, 0.05) is 17.3 Å². The fourth-order valence-corrected chi connectivity index (χ4v) is 2.85. The summed E-state index contributed by atoms with van der Waals surface area (Å²) in [4.78, 5) is 43.7. The number of aromatic amines is 1. The van der Waals surface area contributed by atoms with Crippen LogP contribution in [-0.4, -0.2) is 39.3 Å². The highest BCUT2D eigenvalue weighted by atomic mass is 16.6.